The quantitative estimate of drug-likeness (QED) is 0.0782. The highest BCUT2D eigenvalue weighted by molar-refractivity contribution is 7.91. The third kappa shape index (κ3) is 8.44. The number of hydrogen-bond acceptors (Lipinski definition) is 15. The predicted octanol–water partition coefficient (Wildman–Crippen LogP) is 3.54. The first-order chi connectivity index (χ1) is 20.3. The lowest BCUT2D eigenvalue weighted by Gasteiger charge is -2.11. The lowest BCUT2D eigenvalue weighted by molar-refractivity contribution is 0.0601. The Morgan fingerprint density at radius 1 is 0.884 bits per heavy atom. The van der Waals surface area contributed by atoms with E-state index < -0.39 is 43.1 Å². The fourth-order valence-electron chi connectivity index (χ4n) is 3.58. The number of ether oxygens (including phenoxy) is 2. The fraction of sp³-hybridized carbons (Fsp3) is 0.240. The monoisotopic (exact) mass is 635 g/mol. The van der Waals surface area contributed by atoms with Crippen LogP contribution in [-0.2, 0) is 24.7 Å². The van der Waals surface area contributed by atoms with Gasteiger partial charge in [0, 0.05) is 18.3 Å². The van der Waals surface area contributed by atoms with Crippen molar-refractivity contribution in [2.45, 2.75) is 4.90 Å². The van der Waals surface area contributed by atoms with Crippen LogP contribution in [0, 0.1) is 0 Å². The van der Waals surface area contributed by atoms with Gasteiger partial charge >= 0.3 is 5.97 Å². The lowest BCUT2D eigenvalue weighted by atomic mass is 10.2. The summed E-state index contributed by atoms with van der Waals surface area (Å²) in [5.41, 5.74) is 11.6. The second-order valence-corrected chi connectivity index (χ2v) is 12.3. The maximum absolute atomic E-state index is 12.1. The molecule has 3 aromatic carbocycles. The second kappa shape index (κ2) is 14.0. The van der Waals surface area contributed by atoms with Crippen LogP contribution >= 0.6 is 0 Å². The van der Waals surface area contributed by atoms with E-state index in [0.29, 0.717) is 5.69 Å². The molecule has 0 radical (unpaired) electrons. The molecule has 0 bridgehead atoms. The molecule has 230 valence electrons. The molecule has 0 fully saturated rings. The van der Waals surface area contributed by atoms with Crippen LogP contribution in [0.2, 0.25) is 0 Å². The Hall–Kier alpha value is -4.65. The molecule has 0 heterocycles. The molecule has 0 spiro atoms. The number of azo groups is 2. The van der Waals surface area contributed by atoms with Gasteiger partial charge in [-0.15, -0.1) is 20.5 Å². The Labute approximate surface area is 247 Å². The van der Waals surface area contributed by atoms with E-state index in [-0.39, 0.29) is 57.8 Å². The number of anilines is 3. The molecular weight excluding hydrogens is 606 g/mol. The Morgan fingerprint density at radius 3 is 2.21 bits per heavy atom. The molecule has 0 atom stereocenters. The number of sulfone groups is 1. The van der Waals surface area contributed by atoms with Crippen molar-refractivity contribution in [3.63, 3.8) is 0 Å². The van der Waals surface area contributed by atoms with Crippen molar-refractivity contribution in [2.75, 3.05) is 55.7 Å². The summed E-state index contributed by atoms with van der Waals surface area (Å²) in [6.45, 7) is -0.387. The topological polar surface area (TPSA) is 258 Å². The summed E-state index contributed by atoms with van der Waals surface area (Å²) in [5, 5.41) is 27.8. The molecule has 0 aliphatic carbocycles. The highest BCUT2D eigenvalue weighted by atomic mass is 32.2. The SMILES string of the molecule is COC(=O)c1ccccc1/N=N/c1c(N)c(/N=N/c2ccc(NCCS(=O)(=O)CCO)cc2OC)cc(S(=O)(=O)O)c1N. The second-order valence-electron chi connectivity index (χ2n) is 8.64. The number of nitrogens with zero attached hydrogens (tertiary/aromatic N) is 4. The van der Waals surface area contributed by atoms with Gasteiger partial charge in [0.1, 0.15) is 33.4 Å². The van der Waals surface area contributed by atoms with Gasteiger partial charge in [-0.25, -0.2) is 13.2 Å². The van der Waals surface area contributed by atoms with Crippen LogP contribution in [0.1, 0.15) is 10.4 Å². The van der Waals surface area contributed by atoms with Gasteiger partial charge in [0.25, 0.3) is 10.1 Å². The van der Waals surface area contributed by atoms with E-state index in [4.69, 9.17) is 26.0 Å². The van der Waals surface area contributed by atoms with E-state index in [1.54, 1.807) is 18.2 Å². The first-order valence-electron chi connectivity index (χ1n) is 12.2. The zero-order chi connectivity index (χ0) is 31.8. The van der Waals surface area contributed by atoms with Crippen LogP contribution in [0.3, 0.4) is 0 Å². The summed E-state index contributed by atoms with van der Waals surface area (Å²) in [6.07, 6.45) is 0. The normalized spacial score (nSPS) is 12.1. The number of hydrogen-bond donors (Lipinski definition) is 5. The number of nitrogen functional groups attached to an aromatic ring is 2. The Bertz CT molecular complexity index is 1780. The first-order valence-corrected chi connectivity index (χ1v) is 15.5. The van der Waals surface area contributed by atoms with E-state index >= 15 is 0 Å². The molecular formula is C25H29N7O9S2. The number of aliphatic hydroxyl groups is 1. The number of carbonyl (C=O) groups excluding carboxylic acids is 1. The van der Waals surface area contributed by atoms with Crippen molar-refractivity contribution in [1.29, 1.82) is 0 Å². The molecule has 0 aromatic heterocycles. The highest BCUT2D eigenvalue weighted by Crippen LogP contribution is 2.43. The van der Waals surface area contributed by atoms with Crippen LogP contribution in [0.5, 0.6) is 5.75 Å². The summed E-state index contributed by atoms with van der Waals surface area (Å²) in [5.74, 6) is -1.01. The third-order valence-corrected chi connectivity index (χ3v) is 8.28. The van der Waals surface area contributed by atoms with Gasteiger partial charge in [-0.3, -0.25) is 4.55 Å². The molecule has 43 heavy (non-hydrogen) atoms. The molecule has 0 saturated heterocycles. The van der Waals surface area contributed by atoms with E-state index in [0.717, 1.165) is 6.07 Å². The fourth-order valence-corrected chi connectivity index (χ4v) is 5.11. The summed E-state index contributed by atoms with van der Waals surface area (Å²) in [7, 11) is -5.74. The number of benzene rings is 3. The van der Waals surface area contributed by atoms with Gasteiger partial charge in [0.15, 0.2) is 9.84 Å². The van der Waals surface area contributed by atoms with Crippen molar-refractivity contribution >= 4 is 65.7 Å². The van der Waals surface area contributed by atoms with Crippen molar-refractivity contribution in [2.24, 2.45) is 20.5 Å². The summed E-state index contributed by atoms with van der Waals surface area (Å²) < 4.78 is 67.5. The van der Waals surface area contributed by atoms with Crippen LogP contribution in [0.4, 0.5) is 39.8 Å². The predicted molar refractivity (Wildman–Crippen MR) is 158 cm³/mol. The molecule has 0 unspecified atom stereocenters. The molecule has 0 aliphatic rings. The smallest absolute Gasteiger partial charge is 0.340 e. The molecule has 3 aromatic rings. The van der Waals surface area contributed by atoms with Crippen molar-refractivity contribution < 1.29 is 40.8 Å². The minimum atomic E-state index is -4.88. The average molecular weight is 636 g/mol. The number of rotatable bonds is 13. The highest BCUT2D eigenvalue weighted by Gasteiger charge is 2.23. The molecule has 0 aliphatic heterocycles. The minimum absolute atomic E-state index is 0.0635. The number of methoxy groups -OCH3 is 2. The van der Waals surface area contributed by atoms with Gasteiger partial charge in [-0.1, -0.05) is 12.1 Å². The van der Waals surface area contributed by atoms with Crippen molar-refractivity contribution in [3.8, 4) is 5.75 Å². The van der Waals surface area contributed by atoms with Gasteiger partial charge in [-0.2, -0.15) is 8.42 Å². The van der Waals surface area contributed by atoms with Crippen LogP contribution in [-0.4, -0.2) is 71.3 Å². The summed E-state index contributed by atoms with van der Waals surface area (Å²) in [4.78, 5) is 11.3. The molecule has 16 nitrogen and oxygen atoms in total. The number of esters is 1. The molecule has 3 rings (SSSR count). The summed E-state index contributed by atoms with van der Waals surface area (Å²) >= 11 is 0. The van der Waals surface area contributed by atoms with Gasteiger partial charge < -0.3 is 31.4 Å². The Kier molecular flexibility index (Phi) is 10.7. The summed E-state index contributed by atoms with van der Waals surface area (Å²) in [6, 6.07) is 11.5. The molecule has 0 saturated carbocycles. The number of nitrogens with two attached hydrogens (primary N) is 2. The standard InChI is InChI=1S/C25H29N7O9S2/c1-40-20-13-15(28-9-11-42(35,36)12-10-33)7-8-18(20)30-31-19-14-21(43(37,38)39)23(27)24(22(19)26)32-29-17-6-4-3-5-16(17)25(34)41-2/h3-8,13-14,28,33H,9-12,26-27H2,1-2H3,(H,37,38,39)/b31-30+,32-29+. The number of nitrogens with one attached hydrogen (secondary N) is 1. The maximum atomic E-state index is 12.1. The van der Waals surface area contributed by atoms with Crippen LogP contribution in [0.25, 0.3) is 0 Å². The van der Waals surface area contributed by atoms with Gasteiger partial charge in [0.2, 0.25) is 0 Å². The minimum Gasteiger partial charge on any atom is -0.494 e. The van der Waals surface area contributed by atoms with Crippen molar-refractivity contribution in [3.05, 3.63) is 54.1 Å². The maximum Gasteiger partial charge on any atom is 0.340 e. The Balaban J connectivity index is 1.99. The van der Waals surface area contributed by atoms with Crippen LogP contribution in [0.15, 0.2) is 73.9 Å². The number of carbonyl (C=O) groups is 1. The van der Waals surface area contributed by atoms with E-state index in [1.165, 1.54) is 38.5 Å². The molecule has 18 heteroatoms. The third-order valence-electron chi connectivity index (χ3n) is 5.75. The average Bonchev–Trinajstić information content (AvgIpc) is 2.96. The molecule has 7 N–H and O–H groups in total. The van der Waals surface area contributed by atoms with Gasteiger partial charge in [-0.05, 0) is 30.3 Å². The van der Waals surface area contributed by atoms with E-state index in [9.17, 15) is 26.2 Å². The van der Waals surface area contributed by atoms with Crippen molar-refractivity contribution in [1.82, 2.24) is 0 Å². The zero-order valence-electron chi connectivity index (χ0n) is 23.0. The Morgan fingerprint density at radius 2 is 1.56 bits per heavy atom. The van der Waals surface area contributed by atoms with E-state index in [2.05, 4.69) is 25.8 Å². The lowest BCUT2D eigenvalue weighted by Crippen LogP contribution is -2.20. The first kappa shape index (κ1) is 32.9. The van der Waals surface area contributed by atoms with E-state index in [1.807, 2.05) is 0 Å². The number of aliphatic hydroxyl groups excluding tert-OH is 1. The largest absolute Gasteiger partial charge is 0.494 e. The van der Waals surface area contributed by atoms with Gasteiger partial charge in [0.05, 0.1) is 49.3 Å². The zero-order valence-corrected chi connectivity index (χ0v) is 24.6. The molecule has 0 amide bonds. The van der Waals surface area contributed by atoms with Crippen LogP contribution < -0.4 is 21.5 Å².